The first-order chi connectivity index (χ1) is 6.90. The van der Waals surface area contributed by atoms with E-state index in [0.29, 0.717) is 0 Å². The third-order valence-corrected chi connectivity index (χ3v) is 2.68. The maximum atomic E-state index is 4.51. The fourth-order valence-electron chi connectivity index (χ4n) is 1.73. The van der Waals surface area contributed by atoms with E-state index < -0.39 is 0 Å². The van der Waals surface area contributed by atoms with Gasteiger partial charge in [0.05, 0.1) is 0 Å². The lowest BCUT2D eigenvalue weighted by atomic mass is 10.4. The lowest BCUT2D eigenvalue weighted by Gasteiger charge is -2.16. The van der Waals surface area contributed by atoms with Gasteiger partial charge in [-0.05, 0) is 24.7 Å². The molecule has 0 radical (unpaired) electrons. The van der Waals surface area contributed by atoms with Gasteiger partial charge >= 0.3 is 0 Å². The van der Waals surface area contributed by atoms with Crippen molar-refractivity contribution in [3.63, 3.8) is 0 Å². The molecule has 1 fully saturated rings. The molecule has 0 aromatic carbocycles. The molecule has 0 saturated carbocycles. The van der Waals surface area contributed by atoms with E-state index in [1.54, 1.807) is 0 Å². The number of rotatable bonds is 3. The average Bonchev–Trinajstić information content (AvgIpc) is 2.71. The molecule has 0 unspecified atom stereocenters. The highest BCUT2D eigenvalue weighted by atomic mass is 32.1. The lowest BCUT2D eigenvalue weighted by Crippen LogP contribution is -2.19. The van der Waals surface area contributed by atoms with Crippen molar-refractivity contribution >= 4 is 18.4 Å². The van der Waals surface area contributed by atoms with E-state index >= 15 is 0 Å². The van der Waals surface area contributed by atoms with E-state index in [1.807, 2.05) is 12.3 Å². The molecule has 1 aromatic rings. The third kappa shape index (κ3) is 2.18. The summed E-state index contributed by atoms with van der Waals surface area (Å²) in [4.78, 5) is 11.0. The van der Waals surface area contributed by atoms with Crippen LogP contribution >= 0.6 is 12.6 Å². The van der Waals surface area contributed by atoms with Gasteiger partial charge in [-0.25, -0.2) is 9.97 Å². The van der Waals surface area contributed by atoms with Crippen LogP contribution in [0.3, 0.4) is 0 Å². The number of anilines is 1. The van der Waals surface area contributed by atoms with E-state index in [2.05, 4.69) is 27.5 Å². The van der Waals surface area contributed by atoms with Gasteiger partial charge in [-0.2, -0.15) is 12.6 Å². The van der Waals surface area contributed by atoms with Crippen molar-refractivity contribution in [1.29, 1.82) is 0 Å². The molecule has 1 aliphatic rings. The highest BCUT2D eigenvalue weighted by Gasteiger charge is 2.13. The number of aryl methyl sites for hydroxylation is 1. The summed E-state index contributed by atoms with van der Waals surface area (Å²) < 4.78 is 0. The zero-order valence-electron chi connectivity index (χ0n) is 8.19. The third-order valence-electron chi connectivity index (χ3n) is 2.46. The Morgan fingerprint density at radius 2 is 2.14 bits per heavy atom. The van der Waals surface area contributed by atoms with Gasteiger partial charge in [-0.15, -0.1) is 0 Å². The predicted molar refractivity (Wildman–Crippen MR) is 61.0 cm³/mol. The van der Waals surface area contributed by atoms with Gasteiger partial charge in [0, 0.05) is 25.7 Å². The molecule has 14 heavy (non-hydrogen) atoms. The van der Waals surface area contributed by atoms with Crippen LogP contribution in [0.25, 0.3) is 0 Å². The Morgan fingerprint density at radius 1 is 1.36 bits per heavy atom. The van der Waals surface area contributed by atoms with Crippen LogP contribution < -0.4 is 4.90 Å². The van der Waals surface area contributed by atoms with Crippen LogP contribution in [0.5, 0.6) is 0 Å². The van der Waals surface area contributed by atoms with Crippen molar-refractivity contribution < 1.29 is 0 Å². The Labute approximate surface area is 90.0 Å². The summed E-state index contributed by atoms with van der Waals surface area (Å²) in [5, 5.41) is 0. The van der Waals surface area contributed by atoms with Gasteiger partial charge in [0.2, 0.25) is 0 Å². The maximum Gasteiger partial charge on any atom is 0.132 e. The van der Waals surface area contributed by atoms with Crippen molar-refractivity contribution in [3.05, 3.63) is 18.1 Å². The summed E-state index contributed by atoms with van der Waals surface area (Å²) in [5.74, 6) is 2.79. The summed E-state index contributed by atoms with van der Waals surface area (Å²) >= 11 is 4.18. The highest BCUT2D eigenvalue weighted by molar-refractivity contribution is 7.80. The second kappa shape index (κ2) is 4.64. The van der Waals surface area contributed by atoms with Gasteiger partial charge in [-0.1, -0.05) is 0 Å². The Balaban J connectivity index is 2.12. The van der Waals surface area contributed by atoms with E-state index in [9.17, 15) is 0 Å². The first-order valence-electron chi connectivity index (χ1n) is 5.08. The van der Waals surface area contributed by atoms with Crippen LogP contribution in [0.15, 0.2) is 12.3 Å². The molecule has 4 heteroatoms. The normalized spacial score (nSPS) is 16.2. The van der Waals surface area contributed by atoms with Crippen molar-refractivity contribution in [1.82, 2.24) is 9.97 Å². The molecule has 1 aliphatic heterocycles. The summed E-state index contributed by atoms with van der Waals surface area (Å²) in [7, 11) is 0. The molecule has 1 saturated heterocycles. The van der Waals surface area contributed by atoms with Crippen LogP contribution in [0.4, 0.5) is 5.82 Å². The fourth-order valence-corrected chi connectivity index (χ4v) is 1.93. The molecular weight excluding hydrogens is 194 g/mol. The molecule has 0 amide bonds. The molecule has 3 nitrogen and oxygen atoms in total. The summed E-state index contributed by atoms with van der Waals surface area (Å²) in [5.41, 5.74) is 0. The van der Waals surface area contributed by atoms with Crippen LogP contribution in [0.1, 0.15) is 18.7 Å². The number of hydrogen-bond donors (Lipinski definition) is 1. The minimum Gasteiger partial charge on any atom is -0.357 e. The first kappa shape index (κ1) is 9.77. The quantitative estimate of drug-likeness (QED) is 0.766. The van der Waals surface area contributed by atoms with E-state index in [1.165, 1.54) is 12.8 Å². The zero-order valence-corrected chi connectivity index (χ0v) is 9.08. The topological polar surface area (TPSA) is 29.0 Å². The number of hydrogen-bond acceptors (Lipinski definition) is 4. The number of thiol groups is 1. The minimum atomic E-state index is 0.809. The average molecular weight is 209 g/mol. The molecule has 0 aliphatic carbocycles. The Bertz CT molecular complexity index is 297. The van der Waals surface area contributed by atoms with Gasteiger partial charge in [0.1, 0.15) is 11.6 Å². The van der Waals surface area contributed by atoms with Crippen molar-refractivity contribution in [2.24, 2.45) is 0 Å². The molecule has 0 bridgehead atoms. The van der Waals surface area contributed by atoms with Gasteiger partial charge in [0.15, 0.2) is 0 Å². The molecular formula is C10H15N3S. The van der Waals surface area contributed by atoms with Gasteiger partial charge < -0.3 is 4.90 Å². The smallest absolute Gasteiger partial charge is 0.132 e. The number of aromatic nitrogens is 2. The molecule has 1 aromatic heterocycles. The highest BCUT2D eigenvalue weighted by Crippen LogP contribution is 2.16. The first-order valence-corrected chi connectivity index (χ1v) is 5.71. The Kier molecular flexibility index (Phi) is 3.24. The molecule has 2 heterocycles. The molecule has 76 valence electrons. The van der Waals surface area contributed by atoms with E-state index in [-0.39, 0.29) is 0 Å². The van der Waals surface area contributed by atoms with E-state index in [0.717, 1.165) is 36.9 Å². The number of nitrogens with zero attached hydrogens (tertiary/aromatic N) is 3. The second-order valence-corrected chi connectivity index (χ2v) is 3.95. The van der Waals surface area contributed by atoms with Gasteiger partial charge in [-0.3, -0.25) is 0 Å². The minimum absolute atomic E-state index is 0.809. The van der Waals surface area contributed by atoms with Crippen molar-refractivity contribution in [2.45, 2.75) is 19.3 Å². The SMILES string of the molecule is SCCc1nccc(N2CCCC2)n1. The van der Waals surface area contributed by atoms with Crippen LogP contribution in [-0.4, -0.2) is 28.8 Å². The van der Waals surface area contributed by atoms with E-state index in [4.69, 9.17) is 0 Å². The van der Waals surface area contributed by atoms with Crippen LogP contribution in [-0.2, 0) is 6.42 Å². The second-order valence-electron chi connectivity index (χ2n) is 3.50. The molecule has 2 rings (SSSR count). The molecule has 0 atom stereocenters. The molecule has 0 spiro atoms. The summed E-state index contributed by atoms with van der Waals surface area (Å²) in [6.45, 7) is 2.27. The van der Waals surface area contributed by atoms with Gasteiger partial charge in [0.25, 0.3) is 0 Å². The predicted octanol–water partition coefficient (Wildman–Crippen LogP) is 1.55. The Morgan fingerprint density at radius 3 is 2.86 bits per heavy atom. The van der Waals surface area contributed by atoms with Crippen LogP contribution in [0, 0.1) is 0 Å². The standard InChI is InChI=1S/C10H15N3S/c14-8-4-9-11-5-3-10(12-9)13-6-1-2-7-13/h3,5,14H,1-2,4,6-8H2. The summed E-state index contributed by atoms with van der Waals surface area (Å²) in [6.07, 6.45) is 5.27. The van der Waals surface area contributed by atoms with Crippen molar-refractivity contribution in [2.75, 3.05) is 23.7 Å². The Hall–Kier alpha value is -0.770. The maximum absolute atomic E-state index is 4.51. The zero-order chi connectivity index (χ0) is 9.80. The summed E-state index contributed by atoms with van der Waals surface area (Å²) in [6, 6.07) is 1.99. The fraction of sp³-hybridized carbons (Fsp3) is 0.600. The largest absolute Gasteiger partial charge is 0.357 e. The van der Waals surface area contributed by atoms with Crippen LogP contribution in [0.2, 0.25) is 0 Å². The molecule has 0 N–H and O–H groups in total. The monoisotopic (exact) mass is 209 g/mol. The lowest BCUT2D eigenvalue weighted by molar-refractivity contribution is 0.882. The van der Waals surface area contributed by atoms with Crippen molar-refractivity contribution in [3.8, 4) is 0 Å².